The van der Waals surface area contributed by atoms with Crippen LogP contribution in [0.2, 0.25) is 0 Å². The molecule has 1 atom stereocenters. The van der Waals surface area contributed by atoms with Crippen molar-refractivity contribution in [1.29, 1.82) is 0 Å². The van der Waals surface area contributed by atoms with Crippen LogP contribution in [-0.4, -0.2) is 24.9 Å². The molecule has 1 aromatic rings. The predicted octanol–water partition coefficient (Wildman–Crippen LogP) is 1.35. The van der Waals surface area contributed by atoms with E-state index >= 15 is 0 Å². The summed E-state index contributed by atoms with van der Waals surface area (Å²) < 4.78 is 31.1. The van der Waals surface area contributed by atoms with Gasteiger partial charge in [-0.15, -0.1) is 0 Å². The summed E-state index contributed by atoms with van der Waals surface area (Å²) in [5, 5.41) is 4.16. The third-order valence-electron chi connectivity index (χ3n) is 1.82. The van der Waals surface area contributed by atoms with Crippen LogP contribution in [0.15, 0.2) is 9.42 Å². The van der Waals surface area contributed by atoms with Crippen LogP contribution in [0.1, 0.15) is 18.4 Å². The molecule has 1 rings (SSSR count). The Labute approximate surface area is 97.4 Å². The average Bonchev–Trinajstić information content (AvgIpc) is 2.45. The first-order valence-electron chi connectivity index (χ1n) is 4.39. The second-order valence-electron chi connectivity index (χ2n) is 3.33. The van der Waals surface area contributed by atoms with E-state index in [1.54, 1.807) is 20.8 Å². The Morgan fingerprint density at radius 3 is 2.53 bits per heavy atom. The molecule has 0 radical (unpaired) electrons. The minimum atomic E-state index is -3.53. The lowest BCUT2D eigenvalue weighted by molar-refractivity contribution is 0.390. The zero-order chi connectivity index (χ0) is 11.6. The van der Waals surface area contributed by atoms with Gasteiger partial charge < -0.3 is 4.52 Å². The lowest BCUT2D eigenvalue weighted by atomic mass is 10.4. The normalized spacial score (nSPS) is 14.1. The molecule has 0 spiro atoms. The maximum absolute atomic E-state index is 11.9. The maximum Gasteiger partial charge on any atom is 0.246 e. The van der Waals surface area contributed by atoms with Crippen LogP contribution in [0.25, 0.3) is 0 Å². The Hall–Kier alpha value is -0.400. The Morgan fingerprint density at radius 1 is 1.53 bits per heavy atom. The van der Waals surface area contributed by atoms with E-state index in [1.165, 1.54) is 0 Å². The molecule has 1 unspecified atom stereocenters. The number of halogens is 1. The fourth-order valence-corrected chi connectivity index (χ4v) is 3.16. The summed E-state index contributed by atoms with van der Waals surface area (Å²) in [5.74, 6) is 0.307. The molecule has 1 heterocycles. The van der Waals surface area contributed by atoms with Gasteiger partial charge in [-0.2, -0.15) is 0 Å². The van der Waals surface area contributed by atoms with E-state index in [4.69, 9.17) is 4.52 Å². The topological polar surface area (TPSA) is 72.2 Å². The number of nitrogens with one attached hydrogen (secondary N) is 1. The molecule has 86 valence electrons. The van der Waals surface area contributed by atoms with E-state index in [2.05, 4.69) is 25.8 Å². The average molecular weight is 297 g/mol. The van der Waals surface area contributed by atoms with Crippen LogP contribution in [0, 0.1) is 13.8 Å². The van der Waals surface area contributed by atoms with Gasteiger partial charge in [0.25, 0.3) is 0 Å². The second-order valence-corrected chi connectivity index (χ2v) is 5.63. The van der Waals surface area contributed by atoms with Gasteiger partial charge in [0.05, 0.1) is 0 Å². The van der Waals surface area contributed by atoms with Gasteiger partial charge in [-0.3, -0.25) is 0 Å². The zero-order valence-corrected chi connectivity index (χ0v) is 11.1. The molecule has 1 aromatic heterocycles. The third kappa shape index (κ3) is 2.79. The molecule has 0 aliphatic rings. The van der Waals surface area contributed by atoms with Crippen LogP contribution in [0.5, 0.6) is 0 Å². The number of nitrogens with zero attached hydrogens (tertiary/aromatic N) is 1. The number of alkyl halides is 1. The molecule has 0 aliphatic heterocycles. The van der Waals surface area contributed by atoms with E-state index in [0.717, 1.165) is 0 Å². The fourth-order valence-electron chi connectivity index (χ4n) is 1.21. The summed E-state index contributed by atoms with van der Waals surface area (Å²) in [6.07, 6.45) is 0. The molecule has 0 fully saturated rings. The SMILES string of the molecule is Cc1noc(C)c1S(=O)(=O)NC(C)CBr. The highest BCUT2D eigenvalue weighted by molar-refractivity contribution is 9.09. The summed E-state index contributed by atoms with van der Waals surface area (Å²) in [6.45, 7) is 4.95. The number of hydrogen-bond acceptors (Lipinski definition) is 4. The van der Waals surface area contributed by atoms with E-state index in [9.17, 15) is 8.42 Å². The minimum absolute atomic E-state index is 0.135. The van der Waals surface area contributed by atoms with Crippen molar-refractivity contribution >= 4 is 26.0 Å². The van der Waals surface area contributed by atoms with Crippen LogP contribution in [-0.2, 0) is 10.0 Å². The van der Waals surface area contributed by atoms with Gasteiger partial charge in [0.1, 0.15) is 10.6 Å². The molecule has 5 nitrogen and oxygen atoms in total. The van der Waals surface area contributed by atoms with Crippen molar-refractivity contribution in [3.05, 3.63) is 11.5 Å². The van der Waals surface area contributed by atoms with E-state index in [0.29, 0.717) is 16.8 Å². The van der Waals surface area contributed by atoms with Gasteiger partial charge in [0.2, 0.25) is 10.0 Å². The predicted molar refractivity (Wildman–Crippen MR) is 59.6 cm³/mol. The van der Waals surface area contributed by atoms with Crippen molar-refractivity contribution in [2.45, 2.75) is 31.7 Å². The van der Waals surface area contributed by atoms with E-state index in [1.807, 2.05) is 0 Å². The molecule has 0 aliphatic carbocycles. The van der Waals surface area contributed by atoms with Crippen LogP contribution < -0.4 is 4.72 Å². The minimum Gasteiger partial charge on any atom is -0.360 e. The van der Waals surface area contributed by atoms with Gasteiger partial charge in [-0.05, 0) is 20.8 Å². The fraction of sp³-hybridized carbons (Fsp3) is 0.625. The molecule has 0 saturated heterocycles. The molecule has 0 bridgehead atoms. The number of sulfonamides is 1. The molecule has 15 heavy (non-hydrogen) atoms. The summed E-state index contributed by atoms with van der Waals surface area (Å²) in [7, 11) is -3.53. The Bertz CT molecular complexity index is 421. The highest BCUT2D eigenvalue weighted by Crippen LogP contribution is 2.18. The molecular weight excluding hydrogens is 284 g/mol. The molecule has 0 saturated carbocycles. The van der Waals surface area contributed by atoms with Gasteiger partial charge in [-0.1, -0.05) is 21.1 Å². The van der Waals surface area contributed by atoms with Crippen molar-refractivity contribution in [1.82, 2.24) is 9.88 Å². The number of rotatable bonds is 4. The van der Waals surface area contributed by atoms with Crippen LogP contribution >= 0.6 is 15.9 Å². The summed E-state index contributed by atoms with van der Waals surface area (Å²) in [5.41, 5.74) is 0.377. The van der Waals surface area contributed by atoms with Gasteiger partial charge >= 0.3 is 0 Å². The summed E-state index contributed by atoms with van der Waals surface area (Å²) in [4.78, 5) is 0.135. The van der Waals surface area contributed by atoms with Gasteiger partial charge in [-0.25, -0.2) is 13.1 Å². The number of aromatic nitrogens is 1. The van der Waals surface area contributed by atoms with Crippen molar-refractivity contribution < 1.29 is 12.9 Å². The van der Waals surface area contributed by atoms with Gasteiger partial charge in [0.15, 0.2) is 5.76 Å². The first-order valence-corrected chi connectivity index (χ1v) is 7.00. The lowest BCUT2D eigenvalue weighted by Crippen LogP contribution is -2.34. The molecule has 1 N–H and O–H groups in total. The quantitative estimate of drug-likeness (QED) is 0.852. The number of aryl methyl sites for hydroxylation is 2. The highest BCUT2D eigenvalue weighted by atomic mass is 79.9. The summed E-state index contributed by atoms with van der Waals surface area (Å²) in [6, 6.07) is -0.177. The highest BCUT2D eigenvalue weighted by Gasteiger charge is 2.25. The maximum atomic E-state index is 11.9. The monoisotopic (exact) mass is 296 g/mol. The van der Waals surface area contributed by atoms with Crippen LogP contribution in [0.3, 0.4) is 0 Å². The smallest absolute Gasteiger partial charge is 0.246 e. The zero-order valence-electron chi connectivity index (χ0n) is 8.74. The molecule has 0 amide bonds. The number of hydrogen-bond donors (Lipinski definition) is 1. The Morgan fingerprint density at radius 2 is 2.13 bits per heavy atom. The summed E-state index contributed by atoms with van der Waals surface area (Å²) >= 11 is 3.20. The van der Waals surface area contributed by atoms with E-state index < -0.39 is 10.0 Å². The molecular formula is C8H13BrN2O3S. The third-order valence-corrected chi connectivity index (χ3v) is 4.63. The second kappa shape index (κ2) is 4.63. The van der Waals surface area contributed by atoms with Crippen LogP contribution in [0.4, 0.5) is 0 Å². The Kier molecular flexibility index (Phi) is 3.91. The standard InChI is InChI=1S/C8H13BrN2O3S/c1-5(4-9)11-15(12,13)8-6(2)10-14-7(8)3/h5,11H,4H2,1-3H3. The Balaban J connectivity index is 3.07. The molecule has 0 aromatic carbocycles. The van der Waals surface area contributed by atoms with Gasteiger partial charge in [0, 0.05) is 11.4 Å². The van der Waals surface area contributed by atoms with Crippen molar-refractivity contribution in [3.63, 3.8) is 0 Å². The lowest BCUT2D eigenvalue weighted by Gasteiger charge is -2.10. The first-order chi connectivity index (χ1) is 6.88. The van der Waals surface area contributed by atoms with Crippen molar-refractivity contribution in [3.8, 4) is 0 Å². The first kappa shape index (κ1) is 12.7. The van der Waals surface area contributed by atoms with Crippen molar-refractivity contribution in [2.75, 3.05) is 5.33 Å². The molecule has 7 heteroatoms. The largest absolute Gasteiger partial charge is 0.360 e. The van der Waals surface area contributed by atoms with E-state index in [-0.39, 0.29) is 10.9 Å². The van der Waals surface area contributed by atoms with Crippen molar-refractivity contribution in [2.24, 2.45) is 0 Å².